The highest BCUT2D eigenvalue weighted by molar-refractivity contribution is 9.10. The molecule has 1 unspecified atom stereocenters. The van der Waals surface area contributed by atoms with Crippen molar-refractivity contribution in [2.45, 2.75) is 6.04 Å². The molecule has 1 heterocycles. The number of carbonyl (C=O) groups excluding carboxylic acids is 1. The lowest BCUT2D eigenvalue weighted by Crippen LogP contribution is -2.36. The molecule has 6 heteroatoms. The van der Waals surface area contributed by atoms with Gasteiger partial charge >= 0.3 is 12.0 Å². The topological polar surface area (TPSA) is 60.9 Å². The van der Waals surface area contributed by atoms with E-state index in [2.05, 4.69) is 15.9 Å². The third-order valence-corrected chi connectivity index (χ3v) is 3.25. The number of carbonyl (C=O) groups is 2. The lowest BCUT2D eigenvalue weighted by molar-refractivity contribution is -0.140. The maximum atomic E-state index is 11.9. The van der Waals surface area contributed by atoms with Crippen molar-refractivity contribution in [3.8, 4) is 0 Å². The molecule has 0 aliphatic carbocycles. The van der Waals surface area contributed by atoms with E-state index in [-0.39, 0.29) is 12.6 Å². The molecule has 1 aromatic rings. The van der Waals surface area contributed by atoms with Gasteiger partial charge in [-0.05, 0) is 18.2 Å². The van der Waals surface area contributed by atoms with Crippen LogP contribution in [0.1, 0.15) is 0 Å². The van der Waals surface area contributed by atoms with Crippen LogP contribution in [0.4, 0.5) is 10.5 Å². The van der Waals surface area contributed by atoms with Gasteiger partial charge in [0, 0.05) is 17.2 Å². The summed E-state index contributed by atoms with van der Waals surface area (Å²) < 4.78 is 0.851. The fourth-order valence-electron chi connectivity index (χ4n) is 1.80. The largest absolute Gasteiger partial charge is 0.480 e. The molecule has 2 amide bonds. The van der Waals surface area contributed by atoms with Crippen LogP contribution < -0.4 is 4.90 Å². The monoisotopic (exact) mass is 298 g/mol. The van der Waals surface area contributed by atoms with Gasteiger partial charge in [-0.1, -0.05) is 22.0 Å². The highest BCUT2D eigenvalue weighted by Crippen LogP contribution is 2.25. The van der Waals surface area contributed by atoms with Gasteiger partial charge in [0.25, 0.3) is 0 Å². The predicted molar refractivity (Wildman–Crippen MR) is 66.1 cm³/mol. The minimum absolute atomic E-state index is 0.168. The zero-order chi connectivity index (χ0) is 12.6. The van der Waals surface area contributed by atoms with Crippen molar-refractivity contribution in [1.29, 1.82) is 0 Å². The third-order valence-electron chi connectivity index (χ3n) is 2.76. The van der Waals surface area contributed by atoms with Crippen LogP contribution in [0, 0.1) is 0 Å². The molecule has 0 radical (unpaired) electrons. The average Bonchev–Trinajstić information content (AvgIpc) is 2.56. The molecule has 1 atom stereocenters. The fraction of sp³-hybridized carbons (Fsp3) is 0.273. The number of benzene rings is 1. The minimum Gasteiger partial charge on any atom is -0.480 e. The smallest absolute Gasteiger partial charge is 0.328 e. The van der Waals surface area contributed by atoms with Gasteiger partial charge in [0.1, 0.15) is 6.04 Å². The summed E-state index contributed by atoms with van der Waals surface area (Å²) in [7, 11) is 1.50. The van der Waals surface area contributed by atoms with Crippen molar-refractivity contribution in [3.63, 3.8) is 0 Å². The second kappa shape index (κ2) is 4.37. The molecular formula is C11H11BrN2O3. The van der Waals surface area contributed by atoms with Crippen LogP contribution in [0.3, 0.4) is 0 Å². The van der Waals surface area contributed by atoms with E-state index in [9.17, 15) is 9.59 Å². The number of rotatable bonds is 2. The highest BCUT2D eigenvalue weighted by atomic mass is 79.9. The number of aliphatic carboxylic acids is 1. The number of urea groups is 1. The Balaban J connectivity index is 2.30. The van der Waals surface area contributed by atoms with E-state index in [1.165, 1.54) is 16.8 Å². The number of carboxylic acids is 1. The molecule has 1 N–H and O–H groups in total. The Hall–Kier alpha value is -1.56. The standard InChI is InChI=1S/C11H11BrN2O3/c1-13-9(10(15)16)6-14(11(13)17)8-4-2-3-7(12)5-8/h2-5,9H,6H2,1H3,(H,15,16). The Morgan fingerprint density at radius 3 is 2.76 bits per heavy atom. The number of amides is 2. The first-order valence-electron chi connectivity index (χ1n) is 5.03. The fourth-order valence-corrected chi connectivity index (χ4v) is 2.19. The lowest BCUT2D eigenvalue weighted by atomic mass is 10.2. The molecule has 2 rings (SSSR count). The van der Waals surface area contributed by atoms with E-state index in [1.807, 2.05) is 6.07 Å². The first kappa shape index (κ1) is 11.9. The summed E-state index contributed by atoms with van der Waals surface area (Å²) in [4.78, 5) is 25.6. The highest BCUT2D eigenvalue weighted by Gasteiger charge is 2.39. The number of halogens is 1. The Morgan fingerprint density at radius 2 is 2.24 bits per heavy atom. The molecule has 1 saturated heterocycles. The Morgan fingerprint density at radius 1 is 1.53 bits per heavy atom. The van der Waals surface area contributed by atoms with Crippen molar-refractivity contribution < 1.29 is 14.7 Å². The number of hydrogen-bond donors (Lipinski definition) is 1. The molecule has 90 valence electrons. The molecule has 0 spiro atoms. The van der Waals surface area contributed by atoms with Gasteiger partial charge in [-0.2, -0.15) is 0 Å². The Labute approximate surface area is 107 Å². The molecule has 5 nitrogen and oxygen atoms in total. The van der Waals surface area contributed by atoms with Crippen LogP contribution in [0.2, 0.25) is 0 Å². The van der Waals surface area contributed by atoms with E-state index in [0.717, 1.165) is 4.47 Å². The molecule has 1 aromatic carbocycles. The van der Waals surface area contributed by atoms with E-state index in [1.54, 1.807) is 18.2 Å². The van der Waals surface area contributed by atoms with E-state index in [4.69, 9.17) is 5.11 Å². The minimum atomic E-state index is -0.988. The number of likely N-dealkylation sites (N-methyl/N-ethyl adjacent to an activating group) is 1. The molecule has 0 saturated carbocycles. The van der Waals surface area contributed by atoms with Crippen LogP contribution >= 0.6 is 15.9 Å². The second-order valence-electron chi connectivity index (χ2n) is 3.84. The molecule has 1 fully saturated rings. The quantitative estimate of drug-likeness (QED) is 0.905. The molecule has 0 bridgehead atoms. The summed E-state index contributed by atoms with van der Waals surface area (Å²) in [6, 6.07) is 6.14. The predicted octanol–water partition coefficient (Wildman–Crippen LogP) is 1.77. The first-order chi connectivity index (χ1) is 8.00. The van der Waals surface area contributed by atoms with E-state index in [0.29, 0.717) is 5.69 Å². The van der Waals surface area contributed by atoms with Crippen molar-refractivity contribution in [2.24, 2.45) is 0 Å². The zero-order valence-electron chi connectivity index (χ0n) is 9.13. The summed E-state index contributed by atoms with van der Waals surface area (Å²) in [6.45, 7) is 0.168. The van der Waals surface area contributed by atoms with Gasteiger partial charge in [-0.15, -0.1) is 0 Å². The van der Waals surface area contributed by atoms with Gasteiger partial charge < -0.3 is 10.0 Å². The van der Waals surface area contributed by atoms with Gasteiger partial charge in [-0.3, -0.25) is 4.90 Å². The summed E-state index contributed by atoms with van der Waals surface area (Å²) in [5.41, 5.74) is 0.694. The Kier molecular flexibility index (Phi) is 3.06. The molecule has 1 aliphatic heterocycles. The average molecular weight is 299 g/mol. The molecular weight excluding hydrogens is 288 g/mol. The molecule has 17 heavy (non-hydrogen) atoms. The van der Waals surface area contributed by atoms with Crippen LogP contribution in [0.15, 0.2) is 28.7 Å². The Bertz CT molecular complexity index is 478. The number of hydrogen-bond acceptors (Lipinski definition) is 2. The maximum absolute atomic E-state index is 11.9. The third kappa shape index (κ3) is 2.12. The second-order valence-corrected chi connectivity index (χ2v) is 4.75. The van der Waals surface area contributed by atoms with Gasteiger partial charge in [0.05, 0.1) is 6.54 Å². The maximum Gasteiger partial charge on any atom is 0.328 e. The zero-order valence-corrected chi connectivity index (χ0v) is 10.7. The van der Waals surface area contributed by atoms with Crippen LogP contribution in [-0.4, -0.2) is 41.6 Å². The van der Waals surface area contributed by atoms with Crippen LogP contribution in [0.25, 0.3) is 0 Å². The summed E-state index contributed by atoms with van der Waals surface area (Å²) in [6.07, 6.45) is 0. The van der Waals surface area contributed by atoms with E-state index < -0.39 is 12.0 Å². The summed E-state index contributed by atoms with van der Waals surface area (Å²) in [5, 5.41) is 8.99. The molecule has 1 aliphatic rings. The normalized spacial score (nSPS) is 19.9. The van der Waals surface area contributed by atoms with Crippen molar-refractivity contribution in [3.05, 3.63) is 28.7 Å². The van der Waals surface area contributed by atoms with Crippen LogP contribution in [0.5, 0.6) is 0 Å². The van der Waals surface area contributed by atoms with Crippen molar-refractivity contribution in [2.75, 3.05) is 18.5 Å². The van der Waals surface area contributed by atoms with E-state index >= 15 is 0 Å². The lowest BCUT2D eigenvalue weighted by Gasteiger charge is -2.15. The summed E-state index contributed by atoms with van der Waals surface area (Å²) in [5.74, 6) is -0.988. The SMILES string of the molecule is CN1C(=O)N(c2cccc(Br)c2)CC1C(=O)O. The van der Waals surface area contributed by atoms with Crippen LogP contribution in [-0.2, 0) is 4.79 Å². The van der Waals surface area contributed by atoms with Gasteiger partial charge in [-0.25, -0.2) is 9.59 Å². The van der Waals surface area contributed by atoms with Gasteiger partial charge in [0.15, 0.2) is 0 Å². The van der Waals surface area contributed by atoms with Gasteiger partial charge in [0.2, 0.25) is 0 Å². The first-order valence-corrected chi connectivity index (χ1v) is 5.82. The number of anilines is 1. The van der Waals surface area contributed by atoms with Crippen molar-refractivity contribution >= 4 is 33.6 Å². The summed E-state index contributed by atoms with van der Waals surface area (Å²) >= 11 is 3.32. The number of nitrogens with zero attached hydrogens (tertiary/aromatic N) is 2. The number of carboxylic acid groups (broad SMARTS) is 1. The molecule has 0 aromatic heterocycles. The van der Waals surface area contributed by atoms with Crippen molar-refractivity contribution in [1.82, 2.24) is 4.90 Å².